The first-order chi connectivity index (χ1) is 7.39. The summed E-state index contributed by atoms with van der Waals surface area (Å²) in [4.78, 5) is 0.133. The SMILES string of the molecule is Cc1ccc2c(c1)S(=O)C(C(F)(F)F)CO2. The van der Waals surface area contributed by atoms with E-state index in [1.165, 1.54) is 6.07 Å². The molecular weight excluding hydrogens is 241 g/mol. The van der Waals surface area contributed by atoms with Crippen LogP contribution in [0.2, 0.25) is 0 Å². The van der Waals surface area contributed by atoms with E-state index in [1.54, 1.807) is 19.1 Å². The van der Waals surface area contributed by atoms with E-state index in [2.05, 4.69) is 0 Å². The molecule has 0 radical (unpaired) electrons. The van der Waals surface area contributed by atoms with Crippen LogP contribution < -0.4 is 4.74 Å². The van der Waals surface area contributed by atoms with E-state index in [-0.39, 0.29) is 10.6 Å². The number of hydrogen-bond donors (Lipinski definition) is 0. The molecule has 0 spiro atoms. The topological polar surface area (TPSA) is 26.3 Å². The molecule has 1 aromatic rings. The first-order valence-electron chi connectivity index (χ1n) is 4.60. The average Bonchev–Trinajstić information content (AvgIpc) is 2.17. The normalized spacial score (nSPS) is 24.8. The maximum atomic E-state index is 12.5. The lowest BCUT2D eigenvalue weighted by Crippen LogP contribution is -2.41. The molecular formula is C10H9F3O2S. The third-order valence-corrected chi connectivity index (χ3v) is 4.00. The standard InChI is InChI=1S/C10H9F3O2S/c1-6-2-3-7-8(4-6)16(14)9(5-15-7)10(11,12)13/h2-4,9H,5H2,1H3. The highest BCUT2D eigenvalue weighted by atomic mass is 32.2. The highest BCUT2D eigenvalue weighted by Gasteiger charge is 2.47. The van der Waals surface area contributed by atoms with Gasteiger partial charge < -0.3 is 4.74 Å². The molecule has 1 aliphatic heterocycles. The second-order valence-electron chi connectivity index (χ2n) is 3.59. The van der Waals surface area contributed by atoms with Gasteiger partial charge >= 0.3 is 6.18 Å². The van der Waals surface area contributed by atoms with Crippen molar-refractivity contribution in [2.24, 2.45) is 0 Å². The summed E-state index contributed by atoms with van der Waals surface area (Å²) in [6.07, 6.45) is -4.49. The Labute approximate surface area is 92.9 Å². The minimum atomic E-state index is -4.49. The summed E-state index contributed by atoms with van der Waals surface area (Å²) in [7, 11) is -2.08. The summed E-state index contributed by atoms with van der Waals surface area (Å²) in [6.45, 7) is 1.15. The van der Waals surface area contributed by atoms with Crippen molar-refractivity contribution < 1.29 is 22.1 Å². The molecule has 2 nitrogen and oxygen atoms in total. The minimum absolute atomic E-state index is 0.133. The van der Waals surface area contributed by atoms with Gasteiger partial charge in [-0.15, -0.1) is 0 Å². The number of hydrogen-bond acceptors (Lipinski definition) is 2. The second kappa shape index (κ2) is 3.76. The van der Waals surface area contributed by atoms with E-state index in [4.69, 9.17) is 4.74 Å². The van der Waals surface area contributed by atoms with E-state index in [0.29, 0.717) is 0 Å². The Hall–Kier alpha value is -1.04. The van der Waals surface area contributed by atoms with Gasteiger partial charge in [-0.1, -0.05) is 6.07 Å². The second-order valence-corrected chi connectivity index (χ2v) is 5.19. The molecule has 0 N–H and O–H groups in total. The molecule has 0 bridgehead atoms. The Morgan fingerprint density at radius 1 is 1.44 bits per heavy atom. The Morgan fingerprint density at radius 2 is 2.12 bits per heavy atom. The number of ether oxygens (including phenoxy) is 1. The van der Waals surface area contributed by atoms with Crippen molar-refractivity contribution in [2.45, 2.75) is 23.2 Å². The van der Waals surface area contributed by atoms with Crippen LogP contribution in [0.3, 0.4) is 0 Å². The fourth-order valence-corrected chi connectivity index (χ4v) is 2.86. The van der Waals surface area contributed by atoms with Crippen LogP contribution in [-0.4, -0.2) is 22.2 Å². The summed E-state index contributed by atoms with van der Waals surface area (Å²) in [5, 5.41) is -1.93. The molecule has 0 fully saturated rings. The average molecular weight is 250 g/mol. The maximum absolute atomic E-state index is 12.5. The highest BCUT2D eigenvalue weighted by molar-refractivity contribution is 7.86. The van der Waals surface area contributed by atoms with Crippen LogP contribution in [0.5, 0.6) is 5.75 Å². The molecule has 0 saturated heterocycles. The van der Waals surface area contributed by atoms with Crippen LogP contribution in [0, 0.1) is 6.92 Å². The van der Waals surface area contributed by atoms with Crippen LogP contribution in [-0.2, 0) is 10.8 Å². The summed E-state index contributed by atoms with van der Waals surface area (Å²) in [5.74, 6) is 0.282. The number of rotatable bonds is 0. The van der Waals surface area contributed by atoms with Gasteiger partial charge in [0.2, 0.25) is 0 Å². The minimum Gasteiger partial charge on any atom is -0.491 e. The molecule has 1 aromatic carbocycles. The summed E-state index contributed by atoms with van der Waals surface area (Å²) in [5.41, 5.74) is 0.763. The van der Waals surface area contributed by atoms with Crippen LogP contribution in [0.25, 0.3) is 0 Å². The predicted octanol–water partition coefficient (Wildman–Crippen LogP) is 2.43. The third kappa shape index (κ3) is 1.93. The van der Waals surface area contributed by atoms with Crippen LogP contribution in [0.4, 0.5) is 13.2 Å². The van der Waals surface area contributed by atoms with E-state index < -0.39 is 28.8 Å². The molecule has 1 aliphatic rings. The summed E-state index contributed by atoms with van der Waals surface area (Å²) >= 11 is 0. The highest BCUT2D eigenvalue weighted by Crippen LogP contribution is 2.36. The van der Waals surface area contributed by atoms with Gasteiger partial charge in [-0.05, 0) is 24.6 Å². The zero-order valence-corrected chi connectivity index (χ0v) is 9.19. The summed E-state index contributed by atoms with van der Waals surface area (Å²) in [6, 6.07) is 4.74. The molecule has 0 aliphatic carbocycles. The first kappa shape index (κ1) is 11.4. The van der Waals surface area contributed by atoms with Crippen molar-refractivity contribution in [1.82, 2.24) is 0 Å². The largest absolute Gasteiger partial charge is 0.491 e. The molecule has 0 amide bonds. The van der Waals surface area contributed by atoms with Crippen molar-refractivity contribution in [1.29, 1.82) is 0 Å². The van der Waals surface area contributed by atoms with E-state index in [0.717, 1.165) is 5.56 Å². The molecule has 6 heteroatoms. The number of alkyl halides is 3. The quantitative estimate of drug-likeness (QED) is 0.707. The van der Waals surface area contributed by atoms with Gasteiger partial charge in [-0.25, -0.2) is 0 Å². The van der Waals surface area contributed by atoms with Gasteiger partial charge in [0.25, 0.3) is 0 Å². The van der Waals surface area contributed by atoms with Gasteiger partial charge in [0.1, 0.15) is 12.4 Å². The Kier molecular flexibility index (Phi) is 2.69. The van der Waals surface area contributed by atoms with Gasteiger partial charge in [0.15, 0.2) is 5.25 Å². The van der Waals surface area contributed by atoms with Crippen LogP contribution in [0.1, 0.15) is 5.56 Å². The fourth-order valence-electron chi connectivity index (χ4n) is 1.49. The van der Waals surface area contributed by atoms with E-state index >= 15 is 0 Å². The molecule has 2 unspecified atom stereocenters. The van der Waals surface area contributed by atoms with Crippen LogP contribution >= 0.6 is 0 Å². The van der Waals surface area contributed by atoms with Gasteiger partial charge in [-0.2, -0.15) is 13.2 Å². The monoisotopic (exact) mass is 250 g/mol. The Bertz CT molecular complexity index is 442. The molecule has 1 heterocycles. The lowest BCUT2D eigenvalue weighted by Gasteiger charge is -2.26. The lowest BCUT2D eigenvalue weighted by atomic mass is 10.2. The van der Waals surface area contributed by atoms with Crippen molar-refractivity contribution in [2.75, 3.05) is 6.61 Å². The number of aryl methyl sites for hydroxylation is 1. The summed E-state index contributed by atoms with van der Waals surface area (Å²) < 4.78 is 54.2. The molecule has 0 saturated carbocycles. The number of benzene rings is 1. The first-order valence-corrected chi connectivity index (χ1v) is 5.81. The van der Waals surface area contributed by atoms with Gasteiger partial charge in [0, 0.05) is 0 Å². The van der Waals surface area contributed by atoms with E-state index in [9.17, 15) is 17.4 Å². The van der Waals surface area contributed by atoms with Gasteiger partial charge in [-0.3, -0.25) is 4.21 Å². The number of fused-ring (bicyclic) bond motifs is 1. The van der Waals surface area contributed by atoms with E-state index in [1.807, 2.05) is 0 Å². The van der Waals surface area contributed by atoms with Crippen molar-refractivity contribution >= 4 is 10.8 Å². The Balaban J connectivity index is 2.42. The third-order valence-electron chi connectivity index (χ3n) is 2.33. The molecule has 0 aromatic heterocycles. The molecule has 2 atom stereocenters. The zero-order valence-electron chi connectivity index (χ0n) is 8.38. The Morgan fingerprint density at radius 3 is 2.75 bits per heavy atom. The van der Waals surface area contributed by atoms with Gasteiger partial charge in [0.05, 0.1) is 15.7 Å². The number of halogens is 3. The van der Waals surface area contributed by atoms with Crippen LogP contribution in [0.15, 0.2) is 23.1 Å². The van der Waals surface area contributed by atoms with Crippen molar-refractivity contribution in [3.05, 3.63) is 23.8 Å². The molecule has 88 valence electrons. The zero-order chi connectivity index (χ0) is 11.9. The predicted molar refractivity (Wildman–Crippen MR) is 52.9 cm³/mol. The van der Waals surface area contributed by atoms with Crippen molar-refractivity contribution in [3.63, 3.8) is 0 Å². The maximum Gasteiger partial charge on any atom is 0.406 e. The lowest BCUT2D eigenvalue weighted by molar-refractivity contribution is -0.135. The molecule has 2 rings (SSSR count). The smallest absolute Gasteiger partial charge is 0.406 e. The van der Waals surface area contributed by atoms with Crippen molar-refractivity contribution in [3.8, 4) is 5.75 Å². The fraction of sp³-hybridized carbons (Fsp3) is 0.400. The molecule has 16 heavy (non-hydrogen) atoms.